The zero-order valence-electron chi connectivity index (χ0n) is 24.2. The first-order valence-electron chi connectivity index (χ1n) is 13.3. The van der Waals surface area contributed by atoms with Crippen LogP contribution in [-0.2, 0) is 26.2 Å². The fourth-order valence-electron chi connectivity index (χ4n) is 4.34. The standard InChI is InChI=1S/C31H37Cl2N3O4S/c1-7-28(30(38)34-31(4,5)6)35(19-23-14-16-26(32)27(33)18-23)29(37)20-36(24-15-13-21(2)22(3)17-24)41(39,40)25-11-9-8-10-12-25/h8-18,28H,7,19-20H2,1-6H3,(H,34,38)/t28-/m1/s1. The van der Waals surface area contributed by atoms with Crippen molar-refractivity contribution in [3.05, 3.63) is 93.5 Å². The highest BCUT2D eigenvalue weighted by Gasteiger charge is 2.34. The maximum atomic E-state index is 14.2. The third-order valence-corrected chi connectivity index (χ3v) is 9.14. The van der Waals surface area contributed by atoms with Crippen molar-refractivity contribution in [2.75, 3.05) is 10.8 Å². The van der Waals surface area contributed by atoms with Crippen molar-refractivity contribution in [3.8, 4) is 0 Å². The predicted molar refractivity (Wildman–Crippen MR) is 166 cm³/mol. The molecule has 10 heteroatoms. The Hall–Kier alpha value is -3.07. The molecule has 0 fully saturated rings. The van der Waals surface area contributed by atoms with E-state index in [0.717, 1.165) is 15.4 Å². The molecule has 1 atom stereocenters. The number of carbonyl (C=O) groups is 2. The van der Waals surface area contributed by atoms with Gasteiger partial charge in [-0.15, -0.1) is 0 Å². The van der Waals surface area contributed by atoms with Crippen LogP contribution < -0.4 is 9.62 Å². The Morgan fingerprint density at radius 2 is 1.56 bits per heavy atom. The number of rotatable bonds is 10. The molecule has 0 saturated heterocycles. The van der Waals surface area contributed by atoms with Crippen LogP contribution in [0, 0.1) is 13.8 Å². The number of nitrogens with zero attached hydrogens (tertiary/aromatic N) is 2. The maximum Gasteiger partial charge on any atom is 0.264 e. The van der Waals surface area contributed by atoms with Gasteiger partial charge in [-0.25, -0.2) is 8.42 Å². The van der Waals surface area contributed by atoms with E-state index in [1.54, 1.807) is 48.5 Å². The summed E-state index contributed by atoms with van der Waals surface area (Å²) in [5.74, 6) is -0.873. The topological polar surface area (TPSA) is 86.8 Å². The summed E-state index contributed by atoms with van der Waals surface area (Å²) in [6.07, 6.45) is 0.310. The lowest BCUT2D eigenvalue weighted by molar-refractivity contribution is -0.141. The van der Waals surface area contributed by atoms with Gasteiger partial charge >= 0.3 is 0 Å². The van der Waals surface area contributed by atoms with Crippen LogP contribution in [-0.4, -0.2) is 43.3 Å². The highest BCUT2D eigenvalue weighted by Crippen LogP contribution is 2.28. The molecule has 0 saturated carbocycles. The number of anilines is 1. The van der Waals surface area contributed by atoms with E-state index in [1.807, 2.05) is 47.6 Å². The number of amides is 2. The molecule has 0 aliphatic rings. The Bertz CT molecular complexity index is 1510. The Labute approximate surface area is 253 Å². The molecule has 0 bridgehead atoms. The monoisotopic (exact) mass is 617 g/mol. The molecule has 3 aromatic rings. The van der Waals surface area contributed by atoms with Gasteiger partial charge in [0.2, 0.25) is 11.8 Å². The van der Waals surface area contributed by atoms with Crippen molar-refractivity contribution in [2.45, 2.75) is 71.0 Å². The van der Waals surface area contributed by atoms with Crippen molar-refractivity contribution < 1.29 is 18.0 Å². The molecule has 0 unspecified atom stereocenters. The number of sulfonamides is 1. The van der Waals surface area contributed by atoms with Crippen LogP contribution in [0.3, 0.4) is 0 Å². The molecule has 0 aromatic heterocycles. The van der Waals surface area contributed by atoms with E-state index in [1.165, 1.54) is 17.0 Å². The van der Waals surface area contributed by atoms with Crippen molar-refractivity contribution >= 4 is 50.7 Å². The average molecular weight is 619 g/mol. The number of aryl methyl sites for hydroxylation is 2. The minimum atomic E-state index is -4.13. The van der Waals surface area contributed by atoms with E-state index < -0.39 is 34.1 Å². The van der Waals surface area contributed by atoms with Gasteiger partial charge in [0.25, 0.3) is 10.0 Å². The summed E-state index contributed by atoms with van der Waals surface area (Å²) in [5, 5.41) is 3.63. The number of benzene rings is 3. The molecule has 0 aliphatic heterocycles. The molecule has 2 amide bonds. The first-order valence-corrected chi connectivity index (χ1v) is 15.5. The van der Waals surface area contributed by atoms with E-state index in [9.17, 15) is 18.0 Å². The van der Waals surface area contributed by atoms with E-state index in [4.69, 9.17) is 23.2 Å². The van der Waals surface area contributed by atoms with Gasteiger partial charge in [-0.3, -0.25) is 13.9 Å². The summed E-state index contributed by atoms with van der Waals surface area (Å²) >= 11 is 12.4. The van der Waals surface area contributed by atoms with Crippen LogP contribution in [0.1, 0.15) is 50.8 Å². The van der Waals surface area contributed by atoms with Gasteiger partial charge in [-0.1, -0.05) is 60.5 Å². The minimum absolute atomic E-state index is 0.0257. The minimum Gasteiger partial charge on any atom is -0.350 e. The van der Waals surface area contributed by atoms with Crippen molar-refractivity contribution in [3.63, 3.8) is 0 Å². The molecule has 1 N–H and O–H groups in total. The van der Waals surface area contributed by atoms with E-state index in [2.05, 4.69) is 5.32 Å². The lowest BCUT2D eigenvalue weighted by Gasteiger charge is -2.35. The van der Waals surface area contributed by atoms with Gasteiger partial charge in [0.1, 0.15) is 12.6 Å². The number of hydrogen-bond acceptors (Lipinski definition) is 4. The van der Waals surface area contributed by atoms with Gasteiger partial charge in [-0.2, -0.15) is 0 Å². The van der Waals surface area contributed by atoms with Crippen LogP contribution in [0.4, 0.5) is 5.69 Å². The predicted octanol–water partition coefficient (Wildman–Crippen LogP) is 6.53. The van der Waals surface area contributed by atoms with Gasteiger partial charge in [0.15, 0.2) is 0 Å². The summed E-state index contributed by atoms with van der Waals surface area (Å²) in [7, 11) is -4.13. The quantitative estimate of drug-likeness (QED) is 0.280. The fourth-order valence-corrected chi connectivity index (χ4v) is 6.08. The molecule has 0 spiro atoms. The van der Waals surface area contributed by atoms with Gasteiger partial charge in [0.05, 0.1) is 20.6 Å². The molecular formula is C31H37Cl2N3O4S. The van der Waals surface area contributed by atoms with Crippen molar-refractivity contribution in [1.29, 1.82) is 0 Å². The molecule has 7 nitrogen and oxygen atoms in total. The summed E-state index contributed by atoms with van der Waals surface area (Å²) in [6.45, 7) is 10.7. The molecule has 220 valence electrons. The fraction of sp³-hybridized carbons (Fsp3) is 0.355. The Kier molecular flexibility index (Phi) is 10.5. The highest BCUT2D eigenvalue weighted by atomic mass is 35.5. The molecular weight excluding hydrogens is 581 g/mol. The zero-order chi connectivity index (χ0) is 30.5. The van der Waals surface area contributed by atoms with Crippen molar-refractivity contribution in [2.24, 2.45) is 0 Å². The molecule has 0 radical (unpaired) electrons. The van der Waals surface area contributed by atoms with Crippen LogP contribution >= 0.6 is 23.2 Å². The van der Waals surface area contributed by atoms with Crippen LogP contribution in [0.2, 0.25) is 10.0 Å². The average Bonchev–Trinajstić information content (AvgIpc) is 2.90. The molecule has 0 heterocycles. The first kappa shape index (κ1) is 32.4. The lowest BCUT2D eigenvalue weighted by Crippen LogP contribution is -2.55. The van der Waals surface area contributed by atoms with Crippen LogP contribution in [0.5, 0.6) is 0 Å². The van der Waals surface area contributed by atoms with Gasteiger partial charge in [-0.05, 0) is 94.1 Å². The third-order valence-electron chi connectivity index (χ3n) is 6.61. The number of hydrogen-bond donors (Lipinski definition) is 1. The second-order valence-corrected chi connectivity index (χ2v) is 13.7. The third kappa shape index (κ3) is 8.24. The Morgan fingerprint density at radius 1 is 0.902 bits per heavy atom. The lowest BCUT2D eigenvalue weighted by atomic mass is 10.1. The normalized spacial score (nSPS) is 12.5. The Balaban J connectivity index is 2.10. The highest BCUT2D eigenvalue weighted by molar-refractivity contribution is 7.92. The van der Waals surface area contributed by atoms with Crippen molar-refractivity contribution in [1.82, 2.24) is 10.2 Å². The van der Waals surface area contributed by atoms with Gasteiger partial charge < -0.3 is 10.2 Å². The van der Waals surface area contributed by atoms with E-state index in [0.29, 0.717) is 27.7 Å². The summed E-state index contributed by atoms with van der Waals surface area (Å²) in [6, 6.07) is 17.4. The largest absolute Gasteiger partial charge is 0.350 e. The second kappa shape index (κ2) is 13.3. The molecule has 3 aromatic carbocycles. The first-order chi connectivity index (χ1) is 19.1. The second-order valence-electron chi connectivity index (χ2n) is 11.0. The Morgan fingerprint density at radius 3 is 2.12 bits per heavy atom. The van der Waals surface area contributed by atoms with Crippen LogP contribution in [0.15, 0.2) is 71.6 Å². The summed E-state index contributed by atoms with van der Waals surface area (Å²) in [4.78, 5) is 29.1. The van der Waals surface area contributed by atoms with E-state index >= 15 is 0 Å². The summed E-state index contributed by atoms with van der Waals surface area (Å²) in [5.41, 5.74) is 2.34. The van der Waals surface area contributed by atoms with Gasteiger partial charge in [0, 0.05) is 12.1 Å². The van der Waals surface area contributed by atoms with Crippen LogP contribution in [0.25, 0.3) is 0 Å². The molecule has 0 aliphatic carbocycles. The number of halogens is 2. The maximum absolute atomic E-state index is 14.2. The number of nitrogens with one attached hydrogen (secondary N) is 1. The SMILES string of the molecule is CC[C@H](C(=O)NC(C)(C)C)N(Cc1ccc(Cl)c(Cl)c1)C(=O)CN(c1ccc(C)c(C)c1)S(=O)(=O)c1ccccc1. The smallest absolute Gasteiger partial charge is 0.264 e. The number of carbonyl (C=O) groups excluding carboxylic acids is 2. The molecule has 41 heavy (non-hydrogen) atoms. The summed E-state index contributed by atoms with van der Waals surface area (Å²) < 4.78 is 29.0. The molecule has 3 rings (SSSR count). The zero-order valence-corrected chi connectivity index (χ0v) is 26.6. The van der Waals surface area contributed by atoms with E-state index in [-0.39, 0.29) is 17.3 Å².